The molecule has 21 heavy (non-hydrogen) atoms. The van der Waals surface area contributed by atoms with Crippen LogP contribution in [0.4, 0.5) is 0 Å². The van der Waals surface area contributed by atoms with Crippen molar-refractivity contribution in [2.24, 2.45) is 0 Å². The Labute approximate surface area is 125 Å². The van der Waals surface area contributed by atoms with E-state index in [1.807, 2.05) is 39.9 Å². The number of likely N-dealkylation sites (tertiary alicyclic amines) is 1. The Balaban J connectivity index is 1.79. The zero-order chi connectivity index (χ0) is 14.5. The number of carbonyl (C=O) groups is 1. The van der Waals surface area contributed by atoms with Gasteiger partial charge in [-0.15, -0.1) is 0 Å². The highest BCUT2D eigenvalue weighted by Gasteiger charge is 2.16. The van der Waals surface area contributed by atoms with E-state index in [2.05, 4.69) is 4.98 Å². The molecule has 0 radical (unpaired) electrons. The van der Waals surface area contributed by atoms with Gasteiger partial charge in [0, 0.05) is 36.7 Å². The first-order valence-corrected chi connectivity index (χ1v) is 7.72. The standard InChI is InChI=1S/C17H21N3O/c21-17(19-10-4-2-1-3-5-11-19)15-7-6-8-16(13-15)20-12-9-18-14-20/h6-9,12-14H,1-5,10-11H2. The fourth-order valence-corrected chi connectivity index (χ4v) is 2.84. The molecule has 4 nitrogen and oxygen atoms in total. The lowest BCUT2D eigenvalue weighted by Crippen LogP contribution is -2.33. The van der Waals surface area contributed by atoms with Crippen molar-refractivity contribution in [1.29, 1.82) is 0 Å². The zero-order valence-electron chi connectivity index (χ0n) is 12.2. The minimum absolute atomic E-state index is 0.152. The van der Waals surface area contributed by atoms with Crippen LogP contribution in [0, 0.1) is 0 Å². The maximum absolute atomic E-state index is 12.7. The molecule has 0 saturated carbocycles. The first kappa shape index (κ1) is 13.9. The van der Waals surface area contributed by atoms with Gasteiger partial charge in [-0.25, -0.2) is 4.98 Å². The Morgan fingerprint density at radius 1 is 1.05 bits per heavy atom. The highest BCUT2D eigenvalue weighted by Crippen LogP contribution is 2.16. The van der Waals surface area contributed by atoms with Gasteiger partial charge in [0.25, 0.3) is 5.91 Å². The lowest BCUT2D eigenvalue weighted by molar-refractivity contribution is 0.0742. The SMILES string of the molecule is O=C(c1cccc(-n2ccnc2)c1)N1CCCCCCC1. The summed E-state index contributed by atoms with van der Waals surface area (Å²) in [5, 5.41) is 0. The lowest BCUT2D eigenvalue weighted by atomic mass is 10.1. The molecule has 1 saturated heterocycles. The van der Waals surface area contributed by atoms with Crippen LogP contribution < -0.4 is 0 Å². The number of hydrogen-bond acceptors (Lipinski definition) is 2. The van der Waals surface area contributed by atoms with E-state index in [-0.39, 0.29) is 5.91 Å². The smallest absolute Gasteiger partial charge is 0.253 e. The molecule has 3 rings (SSSR count). The molecule has 0 N–H and O–H groups in total. The second kappa shape index (κ2) is 6.57. The molecule has 4 heteroatoms. The van der Waals surface area contributed by atoms with E-state index in [0.29, 0.717) is 0 Å². The van der Waals surface area contributed by atoms with Gasteiger partial charge in [0.1, 0.15) is 0 Å². The van der Waals surface area contributed by atoms with E-state index in [4.69, 9.17) is 0 Å². The van der Waals surface area contributed by atoms with Crippen LogP contribution in [-0.4, -0.2) is 33.4 Å². The van der Waals surface area contributed by atoms with Gasteiger partial charge in [0.15, 0.2) is 0 Å². The van der Waals surface area contributed by atoms with Crippen LogP contribution in [0.1, 0.15) is 42.5 Å². The quantitative estimate of drug-likeness (QED) is 0.848. The summed E-state index contributed by atoms with van der Waals surface area (Å²) < 4.78 is 1.92. The Kier molecular flexibility index (Phi) is 4.34. The van der Waals surface area contributed by atoms with Crippen molar-refractivity contribution in [1.82, 2.24) is 14.5 Å². The van der Waals surface area contributed by atoms with Crippen LogP contribution in [0.2, 0.25) is 0 Å². The summed E-state index contributed by atoms with van der Waals surface area (Å²) in [4.78, 5) is 18.7. The van der Waals surface area contributed by atoms with Crippen LogP contribution in [0.15, 0.2) is 43.0 Å². The summed E-state index contributed by atoms with van der Waals surface area (Å²) in [6.07, 6.45) is 11.4. The molecule has 2 aromatic rings. The molecule has 1 amide bonds. The first-order chi connectivity index (χ1) is 10.3. The average molecular weight is 283 g/mol. The number of nitrogens with zero attached hydrogens (tertiary/aromatic N) is 3. The number of carbonyl (C=O) groups excluding carboxylic acids is 1. The second-order valence-electron chi connectivity index (χ2n) is 5.58. The van der Waals surface area contributed by atoms with Gasteiger partial charge in [-0.1, -0.05) is 25.3 Å². The van der Waals surface area contributed by atoms with Gasteiger partial charge in [-0.3, -0.25) is 4.79 Å². The van der Waals surface area contributed by atoms with Crippen LogP contribution in [0.5, 0.6) is 0 Å². The van der Waals surface area contributed by atoms with E-state index in [0.717, 1.165) is 37.2 Å². The molecular formula is C17H21N3O. The maximum Gasteiger partial charge on any atom is 0.253 e. The van der Waals surface area contributed by atoms with E-state index in [9.17, 15) is 4.79 Å². The van der Waals surface area contributed by atoms with Gasteiger partial charge in [0.2, 0.25) is 0 Å². The Morgan fingerprint density at radius 2 is 1.81 bits per heavy atom. The van der Waals surface area contributed by atoms with Crippen molar-refractivity contribution in [3.05, 3.63) is 48.5 Å². The molecule has 1 aromatic heterocycles. The topological polar surface area (TPSA) is 38.1 Å². The summed E-state index contributed by atoms with van der Waals surface area (Å²) in [6, 6.07) is 7.78. The second-order valence-corrected chi connectivity index (χ2v) is 5.58. The Hall–Kier alpha value is -2.10. The van der Waals surface area contributed by atoms with Gasteiger partial charge in [-0.2, -0.15) is 0 Å². The van der Waals surface area contributed by atoms with E-state index >= 15 is 0 Å². The van der Waals surface area contributed by atoms with Gasteiger partial charge >= 0.3 is 0 Å². The third-order valence-electron chi connectivity index (χ3n) is 4.04. The fourth-order valence-electron chi connectivity index (χ4n) is 2.84. The first-order valence-electron chi connectivity index (χ1n) is 7.72. The predicted octanol–water partition coefficient (Wildman–Crippen LogP) is 3.28. The van der Waals surface area contributed by atoms with Gasteiger partial charge in [0.05, 0.1) is 6.33 Å². The van der Waals surface area contributed by atoms with Crippen molar-refractivity contribution in [3.8, 4) is 5.69 Å². The Bertz CT molecular complexity index is 584. The average Bonchev–Trinajstić information content (AvgIpc) is 3.01. The van der Waals surface area contributed by atoms with Crippen molar-refractivity contribution in [3.63, 3.8) is 0 Å². The minimum Gasteiger partial charge on any atom is -0.339 e. The molecule has 1 fully saturated rings. The number of aromatic nitrogens is 2. The lowest BCUT2D eigenvalue weighted by Gasteiger charge is -2.25. The molecule has 0 spiro atoms. The van der Waals surface area contributed by atoms with Crippen LogP contribution >= 0.6 is 0 Å². The fraction of sp³-hybridized carbons (Fsp3) is 0.412. The minimum atomic E-state index is 0.152. The number of amides is 1. The number of benzene rings is 1. The zero-order valence-corrected chi connectivity index (χ0v) is 12.2. The van der Waals surface area contributed by atoms with Gasteiger partial charge < -0.3 is 9.47 Å². The van der Waals surface area contributed by atoms with Crippen molar-refractivity contribution >= 4 is 5.91 Å². The third-order valence-corrected chi connectivity index (χ3v) is 4.04. The van der Waals surface area contributed by atoms with E-state index < -0.39 is 0 Å². The molecule has 0 atom stereocenters. The van der Waals surface area contributed by atoms with Crippen LogP contribution in [0.3, 0.4) is 0 Å². The molecule has 0 aliphatic carbocycles. The number of imidazole rings is 1. The number of hydrogen-bond donors (Lipinski definition) is 0. The molecule has 110 valence electrons. The molecule has 0 unspecified atom stereocenters. The van der Waals surface area contributed by atoms with Crippen LogP contribution in [-0.2, 0) is 0 Å². The predicted molar refractivity (Wildman–Crippen MR) is 82.6 cm³/mol. The molecule has 2 heterocycles. The monoisotopic (exact) mass is 283 g/mol. The third kappa shape index (κ3) is 3.32. The molecule has 1 aromatic carbocycles. The van der Waals surface area contributed by atoms with E-state index in [1.54, 1.807) is 12.5 Å². The highest BCUT2D eigenvalue weighted by atomic mass is 16.2. The number of rotatable bonds is 2. The van der Waals surface area contributed by atoms with Gasteiger partial charge in [-0.05, 0) is 31.0 Å². The molecule has 0 bridgehead atoms. The van der Waals surface area contributed by atoms with Crippen LogP contribution in [0.25, 0.3) is 5.69 Å². The largest absolute Gasteiger partial charge is 0.339 e. The molecular weight excluding hydrogens is 262 g/mol. The van der Waals surface area contributed by atoms with Crippen molar-refractivity contribution in [2.45, 2.75) is 32.1 Å². The Morgan fingerprint density at radius 3 is 2.52 bits per heavy atom. The van der Waals surface area contributed by atoms with Crippen molar-refractivity contribution in [2.75, 3.05) is 13.1 Å². The van der Waals surface area contributed by atoms with Crippen molar-refractivity contribution < 1.29 is 4.79 Å². The molecule has 1 aliphatic rings. The summed E-state index contributed by atoms with van der Waals surface area (Å²) in [5.74, 6) is 0.152. The summed E-state index contributed by atoms with van der Waals surface area (Å²) in [7, 11) is 0. The highest BCUT2D eigenvalue weighted by molar-refractivity contribution is 5.94. The summed E-state index contributed by atoms with van der Waals surface area (Å²) in [6.45, 7) is 1.77. The summed E-state index contributed by atoms with van der Waals surface area (Å²) in [5.41, 5.74) is 1.74. The normalized spacial score (nSPS) is 16.3. The maximum atomic E-state index is 12.7. The summed E-state index contributed by atoms with van der Waals surface area (Å²) >= 11 is 0. The van der Waals surface area contributed by atoms with E-state index in [1.165, 1.54) is 19.3 Å². The molecule has 1 aliphatic heterocycles.